The molecule has 1 aromatic rings. The van der Waals surface area contributed by atoms with Gasteiger partial charge in [0.2, 0.25) is 10.0 Å². The minimum absolute atomic E-state index is 0. The summed E-state index contributed by atoms with van der Waals surface area (Å²) < 4.78 is 26.4. The van der Waals surface area contributed by atoms with E-state index in [0.717, 1.165) is 6.54 Å². The van der Waals surface area contributed by atoms with Crippen LogP contribution in [-0.4, -0.2) is 28.1 Å². The third-order valence-corrected chi connectivity index (χ3v) is 4.68. The van der Waals surface area contributed by atoms with E-state index in [1.165, 1.54) is 12.1 Å². The van der Waals surface area contributed by atoms with Gasteiger partial charge >= 0.3 is 0 Å². The van der Waals surface area contributed by atoms with Gasteiger partial charge in [0.05, 0.1) is 10.0 Å². The molecule has 0 unspecified atom stereocenters. The van der Waals surface area contributed by atoms with Gasteiger partial charge < -0.3 is 5.32 Å². The zero-order valence-corrected chi connectivity index (χ0v) is 13.9. The number of rotatable bonds is 6. The van der Waals surface area contributed by atoms with Crippen molar-refractivity contribution in [1.82, 2.24) is 10.0 Å². The molecule has 2 N–H and O–H groups in total. The molecule has 1 aromatic carbocycles. The molecule has 19 heavy (non-hydrogen) atoms. The quantitative estimate of drug-likeness (QED) is 0.760. The van der Waals surface area contributed by atoms with Crippen LogP contribution in [0, 0.1) is 0 Å². The van der Waals surface area contributed by atoms with Crippen LogP contribution in [0.4, 0.5) is 0 Å². The molecule has 9 heteroatoms. The van der Waals surface area contributed by atoms with Crippen LogP contribution in [0.3, 0.4) is 0 Å². The maximum atomic E-state index is 12.0. The van der Waals surface area contributed by atoms with Gasteiger partial charge in [-0.05, 0) is 18.7 Å². The van der Waals surface area contributed by atoms with Crippen LogP contribution in [-0.2, 0) is 10.0 Å². The van der Waals surface area contributed by atoms with Crippen LogP contribution in [0.1, 0.15) is 6.92 Å². The first-order valence-electron chi connectivity index (χ1n) is 5.23. The molecule has 0 bridgehead atoms. The number of likely N-dealkylation sites (N-methyl/N-ethyl adjacent to an activating group) is 1. The molecule has 4 nitrogen and oxygen atoms in total. The number of sulfonamides is 1. The molecule has 0 amide bonds. The summed E-state index contributed by atoms with van der Waals surface area (Å²) in [5.74, 6) is 0. The van der Waals surface area contributed by atoms with Crippen LogP contribution in [0.15, 0.2) is 17.0 Å². The van der Waals surface area contributed by atoms with Gasteiger partial charge in [-0.2, -0.15) is 0 Å². The minimum Gasteiger partial charge on any atom is -0.316 e. The topological polar surface area (TPSA) is 58.2 Å². The summed E-state index contributed by atoms with van der Waals surface area (Å²) in [6.07, 6.45) is 0. The highest BCUT2D eigenvalue weighted by Gasteiger charge is 2.21. The Labute approximate surface area is 134 Å². The first-order valence-corrected chi connectivity index (χ1v) is 7.85. The van der Waals surface area contributed by atoms with Crippen molar-refractivity contribution in [2.24, 2.45) is 0 Å². The number of hydrogen-bond donors (Lipinski definition) is 2. The summed E-state index contributed by atoms with van der Waals surface area (Å²) in [4.78, 5) is -0.147. The lowest BCUT2D eigenvalue weighted by atomic mass is 10.4. The van der Waals surface area contributed by atoms with Crippen LogP contribution in [0.5, 0.6) is 0 Å². The van der Waals surface area contributed by atoms with E-state index in [4.69, 9.17) is 34.8 Å². The first kappa shape index (κ1) is 19.2. The van der Waals surface area contributed by atoms with Crippen LogP contribution in [0.25, 0.3) is 0 Å². The molecule has 0 atom stereocenters. The van der Waals surface area contributed by atoms with Crippen LogP contribution < -0.4 is 10.0 Å². The fourth-order valence-corrected chi connectivity index (χ4v) is 3.88. The standard InChI is InChI=1S/C10H13Cl3N2O2S.ClH/c1-2-14-3-4-15-18(16,17)10-8(12)5-7(11)6-9(10)13;/h5-6,14-15H,2-4H2,1H3;1H. The average Bonchev–Trinajstić information content (AvgIpc) is 2.22. The Morgan fingerprint density at radius 2 is 1.63 bits per heavy atom. The maximum Gasteiger partial charge on any atom is 0.243 e. The minimum atomic E-state index is -3.73. The van der Waals surface area contributed by atoms with Gasteiger partial charge in [-0.15, -0.1) is 12.4 Å². The summed E-state index contributed by atoms with van der Waals surface area (Å²) in [6, 6.07) is 2.68. The molecule has 0 aliphatic rings. The Bertz CT molecular complexity index is 499. The third kappa shape index (κ3) is 5.63. The summed E-state index contributed by atoms with van der Waals surface area (Å²) >= 11 is 17.4. The van der Waals surface area contributed by atoms with E-state index in [1.54, 1.807) is 0 Å². The zero-order valence-electron chi connectivity index (χ0n) is 10.0. The van der Waals surface area contributed by atoms with Gasteiger partial charge in [0, 0.05) is 18.1 Å². The SMILES string of the molecule is CCNCCNS(=O)(=O)c1c(Cl)cc(Cl)cc1Cl.Cl. The van der Waals surface area contributed by atoms with E-state index >= 15 is 0 Å². The van der Waals surface area contributed by atoms with Crippen molar-refractivity contribution in [1.29, 1.82) is 0 Å². The molecule has 0 saturated heterocycles. The maximum absolute atomic E-state index is 12.0. The highest BCUT2D eigenvalue weighted by atomic mass is 35.5. The lowest BCUT2D eigenvalue weighted by Crippen LogP contribution is -2.32. The number of benzene rings is 1. The van der Waals surface area contributed by atoms with Crippen molar-refractivity contribution in [3.63, 3.8) is 0 Å². The lowest BCUT2D eigenvalue weighted by Gasteiger charge is -2.10. The molecule has 0 fully saturated rings. The van der Waals surface area contributed by atoms with Gasteiger partial charge in [0.15, 0.2) is 0 Å². The van der Waals surface area contributed by atoms with E-state index in [9.17, 15) is 8.42 Å². The van der Waals surface area contributed by atoms with E-state index in [0.29, 0.717) is 6.54 Å². The molecular weight excluding hydrogens is 354 g/mol. The molecule has 110 valence electrons. The van der Waals surface area contributed by atoms with Crippen molar-refractivity contribution >= 4 is 57.2 Å². The predicted molar refractivity (Wildman–Crippen MR) is 82.5 cm³/mol. The summed E-state index contributed by atoms with van der Waals surface area (Å²) in [5, 5.41) is 3.29. The van der Waals surface area contributed by atoms with Crippen LogP contribution >= 0.6 is 47.2 Å². The Morgan fingerprint density at radius 3 is 2.11 bits per heavy atom. The summed E-state index contributed by atoms with van der Waals surface area (Å²) in [5.41, 5.74) is 0. The Kier molecular flexibility index (Phi) is 8.63. The summed E-state index contributed by atoms with van der Waals surface area (Å²) in [6.45, 7) is 3.48. The number of hydrogen-bond acceptors (Lipinski definition) is 3. The molecule has 1 rings (SSSR count). The van der Waals surface area contributed by atoms with Gasteiger partial charge in [-0.1, -0.05) is 41.7 Å². The van der Waals surface area contributed by atoms with E-state index < -0.39 is 10.0 Å². The molecule has 0 saturated carbocycles. The molecule has 0 aromatic heterocycles. The molecule has 0 aliphatic heterocycles. The molecular formula is C10H14Cl4N2O2S. The molecule has 0 radical (unpaired) electrons. The van der Waals surface area contributed by atoms with Crippen LogP contribution in [0.2, 0.25) is 15.1 Å². The highest BCUT2D eigenvalue weighted by Crippen LogP contribution is 2.32. The fourth-order valence-electron chi connectivity index (χ4n) is 1.31. The van der Waals surface area contributed by atoms with E-state index in [1.807, 2.05) is 6.92 Å². The second-order valence-corrected chi connectivity index (χ2v) is 6.40. The second kappa shape index (κ2) is 8.52. The van der Waals surface area contributed by atoms with Crippen molar-refractivity contribution in [2.45, 2.75) is 11.8 Å². The van der Waals surface area contributed by atoms with Crippen molar-refractivity contribution < 1.29 is 8.42 Å². The highest BCUT2D eigenvalue weighted by molar-refractivity contribution is 7.89. The Morgan fingerprint density at radius 1 is 1.11 bits per heavy atom. The van der Waals surface area contributed by atoms with E-state index in [-0.39, 0.29) is 38.9 Å². The van der Waals surface area contributed by atoms with Gasteiger partial charge in [0.1, 0.15) is 4.90 Å². The number of halogens is 4. The lowest BCUT2D eigenvalue weighted by molar-refractivity contribution is 0.577. The first-order chi connectivity index (χ1) is 8.38. The molecule has 0 spiro atoms. The predicted octanol–water partition coefficient (Wildman–Crippen LogP) is 2.96. The Balaban J connectivity index is 0.00000324. The van der Waals surface area contributed by atoms with Crippen molar-refractivity contribution in [3.05, 3.63) is 27.2 Å². The second-order valence-electron chi connectivity index (χ2n) is 3.45. The Hall–Kier alpha value is 0.250. The van der Waals surface area contributed by atoms with Crippen molar-refractivity contribution in [3.8, 4) is 0 Å². The number of nitrogens with one attached hydrogen (secondary N) is 2. The fraction of sp³-hybridized carbons (Fsp3) is 0.400. The van der Waals surface area contributed by atoms with Crippen molar-refractivity contribution in [2.75, 3.05) is 19.6 Å². The average molecular weight is 368 g/mol. The molecule has 0 heterocycles. The monoisotopic (exact) mass is 366 g/mol. The summed E-state index contributed by atoms with van der Waals surface area (Å²) in [7, 11) is -3.73. The van der Waals surface area contributed by atoms with Gasteiger partial charge in [-0.25, -0.2) is 13.1 Å². The van der Waals surface area contributed by atoms with E-state index in [2.05, 4.69) is 10.0 Å². The van der Waals surface area contributed by atoms with Gasteiger partial charge in [-0.3, -0.25) is 0 Å². The molecule has 0 aliphatic carbocycles. The zero-order chi connectivity index (χ0) is 13.8. The normalized spacial score (nSPS) is 11.2. The smallest absolute Gasteiger partial charge is 0.243 e. The van der Waals surface area contributed by atoms with Gasteiger partial charge in [0.25, 0.3) is 0 Å². The third-order valence-electron chi connectivity index (χ3n) is 2.08. The largest absolute Gasteiger partial charge is 0.316 e.